The Kier molecular flexibility index (Phi) is 5.21. The third kappa shape index (κ3) is 3.78. The number of hydrogen-bond acceptors (Lipinski definition) is 3. The lowest BCUT2D eigenvalue weighted by Crippen LogP contribution is -2.41. The Balaban J connectivity index is 2.42. The lowest BCUT2D eigenvalue weighted by atomic mass is 9.82. The number of rotatable bonds is 4. The third-order valence-electron chi connectivity index (χ3n) is 4.23. The van der Waals surface area contributed by atoms with Gasteiger partial charge in [0.25, 0.3) is 0 Å². The van der Waals surface area contributed by atoms with Gasteiger partial charge in [-0.15, -0.1) is 0 Å². The molecular weight excluding hydrogens is 364 g/mol. The van der Waals surface area contributed by atoms with Gasteiger partial charge in [-0.3, -0.25) is 0 Å². The largest absolute Gasteiger partial charge is 0.525 e. The van der Waals surface area contributed by atoms with Crippen molar-refractivity contribution in [2.45, 2.75) is 38.9 Å². The van der Waals surface area contributed by atoms with Gasteiger partial charge in [0.15, 0.2) is 0 Å². The molecule has 0 spiro atoms. The second-order valence-electron chi connectivity index (χ2n) is 6.31. The minimum Gasteiger partial charge on any atom is -0.398 e. The van der Waals surface area contributed by atoms with E-state index in [1.807, 2.05) is 27.7 Å². The van der Waals surface area contributed by atoms with E-state index in [9.17, 15) is 0 Å². The lowest BCUT2D eigenvalue weighted by molar-refractivity contribution is 0.00578. The van der Waals surface area contributed by atoms with Gasteiger partial charge in [-0.05, 0) is 56.5 Å². The standard InChI is InChI=1S/C15H18BBrFN3O2/c1-14(2)15(3,4)23-16(22-14)13(18)12(9-20-21-19)10-5-7-11(17)8-6-10/h5-8H,9H2,1-4H3. The van der Waals surface area contributed by atoms with E-state index in [1.54, 1.807) is 24.3 Å². The number of nitrogens with zero attached hydrogens (tertiary/aromatic N) is 3. The molecule has 1 heterocycles. The van der Waals surface area contributed by atoms with Crippen LogP contribution in [0.2, 0.25) is 0 Å². The summed E-state index contributed by atoms with van der Waals surface area (Å²) in [7, 11) is -1.12. The first-order valence-corrected chi connectivity index (χ1v) is 7.98. The topological polar surface area (TPSA) is 67.2 Å². The number of azide groups is 1. The smallest absolute Gasteiger partial charge is 0.398 e. The molecule has 1 aliphatic rings. The SMILES string of the molecule is CC1(C)OB(C(F)=C(CN=[N+]=[N-])c2ccc(Br)cc2)OC1(C)C. The summed E-state index contributed by atoms with van der Waals surface area (Å²) in [6.07, 6.45) is 0. The fourth-order valence-corrected chi connectivity index (χ4v) is 2.41. The van der Waals surface area contributed by atoms with Crippen LogP contribution < -0.4 is 0 Å². The van der Waals surface area contributed by atoms with Crippen LogP contribution in [0.4, 0.5) is 4.39 Å². The number of benzene rings is 1. The Morgan fingerprint density at radius 2 is 1.74 bits per heavy atom. The molecule has 0 radical (unpaired) electrons. The molecule has 8 heteroatoms. The van der Waals surface area contributed by atoms with E-state index in [0.29, 0.717) is 5.56 Å². The van der Waals surface area contributed by atoms with E-state index in [-0.39, 0.29) is 12.1 Å². The molecular formula is C15H18BBrFN3O2. The monoisotopic (exact) mass is 381 g/mol. The van der Waals surface area contributed by atoms with E-state index < -0.39 is 24.0 Å². The molecule has 0 atom stereocenters. The molecule has 1 aromatic rings. The summed E-state index contributed by atoms with van der Waals surface area (Å²) in [6, 6.07) is 7.08. The summed E-state index contributed by atoms with van der Waals surface area (Å²) in [5, 5.41) is 3.50. The quantitative estimate of drug-likeness (QED) is 0.316. The van der Waals surface area contributed by atoms with Gasteiger partial charge >= 0.3 is 7.12 Å². The Bertz CT molecular complexity index is 654. The zero-order valence-corrected chi connectivity index (χ0v) is 15.1. The third-order valence-corrected chi connectivity index (χ3v) is 4.76. The predicted octanol–water partition coefficient (Wildman–Crippen LogP) is 5.07. The van der Waals surface area contributed by atoms with Gasteiger partial charge in [0.05, 0.1) is 17.7 Å². The highest BCUT2D eigenvalue weighted by atomic mass is 79.9. The molecule has 1 aliphatic heterocycles. The fraction of sp³-hybridized carbons (Fsp3) is 0.467. The molecule has 0 saturated carbocycles. The summed E-state index contributed by atoms with van der Waals surface area (Å²) in [4.78, 5) is 2.72. The van der Waals surface area contributed by atoms with Crippen LogP contribution in [-0.2, 0) is 9.31 Å². The Morgan fingerprint density at radius 3 is 2.22 bits per heavy atom. The van der Waals surface area contributed by atoms with E-state index in [4.69, 9.17) is 14.8 Å². The lowest BCUT2D eigenvalue weighted by Gasteiger charge is -2.32. The van der Waals surface area contributed by atoms with Crippen molar-refractivity contribution in [3.63, 3.8) is 0 Å². The van der Waals surface area contributed by atoms with E-state index in [2.05, 4.69) is 26.0 Å². The molecule has 0 aromatic heterocycles. The maximum absolute atomic E-state index is 15.0. The maximum atomic E-state index is 15.0. The van der Waals surface area contributed by atoms with Crippen molar-refractivity contribution < 1.29 is 13.7 Å². The van der Waals surface area contributed by atoms with Crippen LogP contribution in [0.15, 0.2) is 39.6 Å². The van der Waals surface area contributed by atoms with Crippen molar-refractivity contribution in [1.29, 1.82) is 0 Å². The Labute approximate surface area is 143 Å². The molecule has 0 amide bonds. The van der Waals surface area contributed by atoms with Crippen molar-refractivity contribution in [2.75, 3.05) is 6.54 Å². The van der Waals surface area contributed by atoms with Gasteiger partial charge in [-0.1, -0.05) is 33.2 Å². The molecule has 122 valence electrons. The van der Waals surface area contributed by atoms with Crippen molar-refractivity contribution in [3.05, 3.63) is 50.5 Å². The highest BCUT2D eigenvalue weighted by molar-refractivity contribution is 9.10. The minimum absolute atomic E-state index is 0.117. The van der Waals surface area contributed by atoms with Gasteiger partial charge in [0.1, 0.15) is 5.73 Å². The first kappa shape index (κ1) is 18.0. The second kappa shape index (κ2) is 6.65. The summed E-state index contributed by atoms with van der Waals surface area (Å²) in [5.74, 6) is 0. The van der Waals surface area contributed by atoms with Crippen LogP contribution in [0.25, 0.3) is 16.0 Å². The van der Waals surface area contributed by atoms with Gasteiger partial charge < -0.3 is 9.31 Å². The summed E-state index contributed by atoms with van der Waals surface area (Å²) >= 11 is 3.34. The predicted molar refractivity (Wildman–Crippen MR) is 92.3 cm³/mol. The molecule has 0 unspecified atom stereocenters. The van der Waals surface area contributed by atoms with Crippen LogP contribution in [0.1, 0.15) is 33.3 Å². The first-order valence-electron chi connectivity index (χ1n) is 7.19. The van der Waals surface area contributed by atoms with E-state index >= 15 is 4.39 Å². The van der Waals surface area contributed by atoms with Crippen molar-refractivity contribution in [2.24, 2.45) is 5.11 Å². The molecule has 1 aromatic carbocycles. The maximum Gasteiger partial charge on any atom is 0.525 e. The van der Waals surface area contributed by atoms with Gasteiger partial charge in [0.2, 0.25) is 0 Å². The van der Waals surface area contributed by atoms with Crippen molar-refractivity contribution in [3.8, 4) is 0 Å². The van der Waals surface area contributed by atoms with Crippen molar-refractivity contribution >= 4 is 28.6 Å². The molecule has 1 saturated heterocycles. The van der Waals surface area contributed by atoms with Crippen molar-refractivity contribution in [1.82, 2.24) is 0 Å². The van der Waals surface area contributed by atoms with E-state index in [0.717, 1.165) is 4.47 Å². The number of hydrogen-bond donors (Lipinski definition) is 0. The molecule has 5 nitrogen and oxygen atoms in total. The summed E-state index contributed by atoms with van der Waals surface area (Å²) in [6.45, 7) is 7.30. The summed E-state index contributed by atoms with van der Waals surface area (Å²) < 4.78 is 27.3. The highest BCUT2D eigenvalue weighted by Crippen LogP contribution is 2.40. The zero-order chi connectivity index (χ0) is 17.3. The molecule has 0 aliphatic carbocycles. The highest BCUT2D eigenvalue weighted by Gasteiger charge is 2.53. The number of halogens is 2. The molecule has 1 fully saturated rings. The molecule has 0 bridgehead atoms. The fourth-order valence-electron chi connectivity index (χ4n) is 2.15. The normalized spacial score (nSPS) is 20.0. The van der Waals surface area contributed by atoms with Crippen LogP contribution in [-0.4, -0.2) is 24.9 Å². The zero-order valence-electron chi connectivity index (χ0n) is 13.5. The Hall–Kier alpha value is -1.34. The van der Waals surface area contributed by atoms with Gasteiger partial charge in [-0.2, -0.15) is 0 Å². The van der Waals surface area contributed by atoms with Crippen LogP contribution in [0, 0.1) is 0 Å². The average Bonchev–Trinajstić information content (AvgIpc) is 2.69. The van der Waals surface area contributed by atoms with Crippen LogP contribution in [0.3, 0.4) is 0 Å². The molecule has 23 heavy (non-hydrogen) atoms. The van der Waals surface area contributed by atoms with Gasteiger partial charge in [-0.25, -0.2) is 4.39 Å². The van der Waals surface area contributed by atoms with E-state index in [1.165, 1.54) is 0 Å². The van der Waals surface area contributed by atoms with Crippen LogP contribution in [0.5, 0.6) is 0 Å². The first-order chi connectivity index (χ1) is 10.7. The minimum atomic E-state index is -1.12. The Morgan fingerprint density at radius 1 is 1.22 bits per heavy atom. The average molecular weight is 382 g/mol. The van der Waals surface area contributed by atoms with Gasteiger partial charge in [0, 0.05) is 9.38 Å². The molecule has 2 rings (SSSR count). The van der Waals surface area contributed by atoms with Crippen LogP contribution >= 0.6 is 15.9 Å². The molecule has 0 N–H and O–H groups in total. The summed E-state index contributed by atoms with van der Waals surface area (Å²) in [5.41, 5.74) is 7.59. The second-order valence-corrected chi connectivity index (χ2v) is 7.23.